The number of para-hydroxylation sites is 1. The van der Waals surface area contributed by atoms with Gasteiger partial charge < -0.3 is 19.1 Å². The Morgan fingerprint density at radius 3 is 2.65 bits per heavy atom. The Balaban J connectivity index is 1.45. The van der Waals surface area contributed by atoms with Crippen molar-refractivity contribution in [2.24, 2.45) is 11.8 Å². The number of hydrogen-bond acceptors (Lipinski definition) is 7. The van der Waals surface area contributed by atoms with Crippen LogP contribution in [0.2, 0.25) is 0 Å². The van der Waals surface area contributed by atoms with Gasteiger partial charge in [-0.3, -0.25) is 14.3 Å². The SMILES string of the molecule is COC(=O)Cc1nn(CC2=CC3C=C(Cl)C(OCC4CC4)=CC3N2COCCS(C)(C)C)c2ccccc2c1=O. The Bertz CT molecular complexity index is 1420. The van der Waals surface area contributed by atoms with Crippen LogP contribution in [0.15, 0.2) is 63.8 Å². The van der Waals surface area contributed by atoms with Gasteiger partial charge in [-0.2, -0.15) is 5.10 Å². The maximum absolute atomic E-state index is 13.1. The van der Waals surface area contributed by atoms with Crippen molar-refractivity contribution in [3.05, 3.63) is 74.9 Å². The number of ether oxygens (including phenoxy) is 3. The van der Waals surface area contributed by atoms with Crippen molar-refractivity contribution in [3.63, 3.8) is 0 Å². The average Bonchev–Trinajstić information content (AvgIpc) is 3.69. The van der Waals surface area contributed by atoms with Gasteiger partial charge in [-0.15, -0.1) is 0 Å². The maximum Gasteiger partial charge on any atom is 0.311 e. The number of carbonyl (C=O) groups is 1. The smallest absolute Gasteiger partial charge is 0.311 e. The third-order valence-electron chi connectivity index (χ3n) is 7.43. The molecule has 0 N–H and O–H groups in total. The highest BCUT2D eigenvalue weighted by atomic mass is 35.5. The second-order valence-corrected chi connectivity index (χ2v) is 16.5. The van der Waals surface area contributed by atoms with E-state index in [1.165, 1.54) is 20.0 Å². The van der Waals surface area contributed by atoms with Crippen molar-refractivity contribution in [3.8, 4) is 0 Å². The summed E-state index contributed by atoms with van der Waals surface area (Å²) in [6.45, 7) is 2.17. The molecule has 2 aliphatic carbocycles. The van der Waals surface area contributed by atoms with E-state index in [4.69, 9.17) is 25.8 Å². The molecule has 1 aromatic heterocycles. The molecule has 2 heterocycles. The summed E-state index contributed by atoms with van der Waals surface area (Å²) in [5, 5.41) is 5.78. The van der Waals surface area contributed by atoms with Crippen molar-refractivity contribution in [2.75, 3.05) is 51.6 Å². The quantitative estimate of drug-likeness (QED) is 0.269. The van der Waals surface area contributed by atoms with Crippen molar-refractivity contribution in [2.45, 2.75) is 31.8 Å². The lowest BCUT2D eigenvalue weighted by Crippen LogP contribution is -2.37. The number of esters is 1. The van der Waals surface area contributed by atoms with Gasteiger partial charge in [-0.25, -0.2) is 10.0 Å². The molecule has 3 aliphatic rings. The maximum atomic E-state index is 13.1. The van der Waals surface area contributed by atoms with Crippen LogP contribution in [-0.4, -0.2) is 78.3 Å². The van der Waals surface area contributed by atoms with Crippen molar-refractivity contribution >= 4 is 38.5 Å². The molecule has 40 heavy (non-hydrogen) atoms. The molecule has 2 atom stereocenters. The van der Waals surface area contributed by atoms with E-state index in [-0.39, 0.29) is 29.5 Å². The fourth-order valence-corrected chi connectivity index (χ4v) is 5.81. The number of aromatic nitrogens is 2. The van der Waals surface area contributed by atoms with Crippen LogP contribution in [-0.2, 0) is 32.0 Å². The van der Waals surface area contributed by atoms with Gasteiger partial charge in [0.25, 0.3) is 0 Å². The highest BCUT2D eigenvalue weighted by Crippen LogP contribution is 2.39. The summed E-state index contributed by atoms with van der Waals surface area (Å²) in [4.78, 5) is 27.4. The van der Waals surface area contributed by atoms with Gasteiger partial charge in [0.2, 0.25) is 5.43 Å². The minimum atomic E-state index is -0.675. The van der Waals surface area contributed by atoms with Gasteiger partial charge in [0.1, 0.15) is 18.2 Å². The van der Waals surface area contributed by atoms with E-state index in [1.54, 1.807) is 10.7 Å². The summed E-state index contributed by atoms with van der Waals surface area (Å²) in [6, 6.07) is 7.34. The predicted octanol–water partition coefficient (Wildman–Crippen LogP) is 4.41. The molecule has 1 aliphatic heterocycles. The third kappa shape index (κ3) is 6.75. The highest BCUT2D eigenvalue weighted by Gasteiger charge is 2.36. The first-order valence-electron chi connectivity index (χ1n) is 13.6. The Morgan fingerprint density at radius 2 is 1.93 bits per heavy atom. The van der Waals surface area contributed by atoms with Gasteiger partial charge in [-0.1, -0.05) is 35.9 Å². The van der Waals surface area contributed by atoms with Gasteiger partial charge in [0.15, 0.2) is 0 Å². The molecule has 10 heteroatoms. The second-order valence-electron chi connectivity index (χ2n) is 11.5. The number of hydrogen-bond donors (Lipinski definition) is 0. The van der Waals surface area contributed by atoms with E-state index >= 15 is 0 Å². The molecule has 5 rings (SSSR count). The summed E-state index contributed by atoms with van der Waals surface area (Å²) in [5.74, 6) is 1.91. The third-order valence-corrected chi connectivity index (χ3v) is 9.13. The normalized spacial score (nSPS) is 21.0. The number of rotatable bonds is 12. The highest BCUT2D eigenvalue weighted by molar-refractivity contribution is 8.32. The lowest BCUT2D eigenvalue weighted by molar-refractivity contribution is -0.139. The first-order chi connectivity index (χ1) is 19.1. The van der Waals surface area contributed by atoms with E-state index in [1.807, 2.05) is 24.3 Å². The fraction of sp³-hybridized carbons (Fsp3) is 0.500. The number of carbonyl (C=O) groups excluding carboxylic acids is 1. The van der Waals surface area contributed by atoms with Crippen LogP contribution in [0.5, 0.6) is 0 Å². The second kappa shape index (κ2) is 12.0. The average molecular weight is 588 g/mol. The molecular formula is C30H38ClN3O5S. The van der Waals surface area contributed by atoms with E-state index in [0.717, 1.165) is 17.2 Å². The van der Waals surface area contributed by atoms with Crippen LogP contribution in [0.1, 0.15) is 18.5 Å². The molecular weight excluding hydrogens is 550 g/mol. The summed E-state index contributed by atoms with van der Waals surface area (Å²) in [5.41, 5.74) is 1.61. The van der Waals surface area contributed by atoms with Crippen molar-refractivity contribution in [1.82, 2.24) is 14.7 Å². The molecule has 2 aromatic rings. The van der Waals surface area contributed by atoms with E-state index in [9.17, 15) is 9.59 Å². The van der Waals surface area contributed by atoms with E-state index < -0.39 is 16.0 Å². The zero-order chi connectivity index (χ0) is 28.4. The molecule has 1 fully saturated rings. The monoisotopic (exact) mass is 587 g/mol. The molecule has 0 spiro atoms. The molecule has 0 saturated heterocycles. The lowest BCUT2D eigenvalue weighted by Gasteiger charge is -2.33. The summed E-state index contributed by atoms with van der Waals surface area (Å²) in [7, 11) is 0.631. The number of halogens is 1. The first kappa shape index (κ1) is 28.8. The van der Waals surface area contributed by atoms with Crippen LogP contribution in [0, 0.1) is 11.8 Å². The van der Waals surface area contributed by atoms with Gasteiger partial charge in [-0.05, 0) is 55.7 Å². The fourth-order valence-electron chi connectivity index (χ4n) is 4.93. The Labute approximate surface area is 241 Å². The van der Waals surface area contributed by atoms with Crippen molar-refractivity contribution in [1.29, 1.82) is 0 Å². The van der Waals surface area contributed by atoms with Crippen LogP contribution in [0.3, 0.4) is 0 Å². The van der Waals surface area contributed by atoms with Gasteiger partial charge >= 0.3 is 5.97 Å². The predicted molar refractivity (Wildman–Crippen MR) is 161 cm³/mol. The standard InChI is InChI=1S/C30H38ClN3O5S/c1-37-29(35)15-25-30(36)23-7-5-6-8-26(23)34(32-25)17-22-13-21-14-24(31)28(39-18-20-9-10-20)16-27(21)33(22)19-38-11-12-40(2,3)4/h5-8,13-14,16,20-21,27H,9-12,15,17-19H2,1-4H3. The zero-order valence-corrected chi connectivity index (χ0v) is 25.2. The number of methoxy groups -OCH3 is 1. The number of allylic oxidation sites excluding steroid dienone is 2. The molecule has 0 amide bonds. The first-order valence-corrected chi connectivity index (χ1v) is 17.0. The molecule has 2 unspecified atom stereocenters. The summed E-state index contributed by atoms with van der Waals surface area (Å²) >= 11 is 6.66. The topological polar surface area (TPSA) is 82.9 Å². The Hall–Kier alpha value is -2.75. The van der Waals surface area contributed by atoms with E-state index in [2.05, 4.69) is 40.9 Å². The molecule has 216 valence electrons. The lowest BCUT2D eigenvalue weighted by atomic mass is 9.96. The van der Waals surface area contributed by atoms with Gasteiger partial charge in [0, 0.05) is 22.8 Å². The number of benzene rings is 1. The Morgan fingerprint density at radius 1 is 1.15 bits per heavy atom. The van der Waals surface area contributed by atoms with Crippen LogP contribution in [0.25, 0.3) is 10.9 Å². The van der Waals surface area contributed by atoms with Crippen molar-refractivity contribution < 1.29 is 19.0 Å². The number of nitrogens with zero attached hydrogens (tertiary/aromatic N) is 3. The molecule has 0 bridgehead atoms. The van der Waals surface area contributed by atoms with Crippen LogP contribution < -0.4 is 5.43 Å². The molecule has 1 saturated carbocycles. The largest absolute Gasteiger partial charge is 0.492 e. The minimum Gasteiger partial charge on any atom is -0.492 e. The molecule has 1 aromatic carbocycles. The Kier molecular flexibility index (Phi) is 8.63. The summed E-state index contributed by atoms with van der Waals surface area (Å²) in [6.07, 6.45) is 15.4. The van der Waals surface area contributed by atoms with Crippen LogP contribution >= 0.6 is 21.6 Å². The zero-order valence-electron chi connectivity index (χ0n) is 23.6. The van der Waals surface area contributed by atoms with Crippen LogP contribution in [0.4, 0.5) is 0 Å². The summed E-state index contributed by atoms with van der Waals surface area (Å²) < 4.78 is 18.9. The molecule has 0 radical (unpaired) electrons. The minimum absolute atomic E-state index is 0.00567. The van der Waals surface area contributed by atoms with Gasteiger partial charge in [0.05, 0.1) is 49.9 Å². The molecule has 8 nitrogen and oxygen atoms in total. The van der Waals surface area contributed by atoms with E-state index in [0.29, 0.717) is 48.3 Å². The number of fused-ring (bicyclic) bond motifs is 2.